The molecule has 1 saturated heterocycles. The Hall–Kier alpha value is -3.22. The third kappa shape index (κ3) is 3.97. The standard InChI is InChI=1S/C20H21N3O4/c1-27-16-11-8-12-21-17(16)19(25)23(18(24)15-9-4-2-5-10-15)20(26)22-13-6-3-7-14-22/h2,4-5,8-12H,3,6-7,13-14H2,1H3. The lowest BCUT2D eigenvalue weighted by Crippen LogP contribution is -2.51. The number of carbonyl (C=O) groups is 3. The number of imide groups is 3. The lowest BCUT2D eigenvalue weighted by Gasteiger charge is -2.31. The minimum Gasteiger partial charge on any atom is -0.494 e. The van der Waals surface area contributed by atoms with Gasteiger partial charge in [0.15, 0.2) is 5.69 Å². The molecule has 0 aliphatic carbocycles. The summed E-state index contributed by atoms with van der Waals surface area (Å²) in [4.78, 5) is 45.5. The first-order valence-electron chi connectivity index (χ1n) is 8.85. The molecular weight excluding hydrogens is 346 g/mol. The first-order chi connectivity index (χ1) is 13.1. The fraction of sp³-hybridized carbons (Fsp3) is 0.300. The number of nitrogens with zero attached hydrogens (tertiary/aromatic N) is 3. The highest BCUT2D eigenvalue weighted by Gasteiger charge is 2.36. The predicted molar refractivity (Wildman–Crippen MR) is 98.6 cm³/mol. The van der Waals surface area contributed by atoms with E-state index in [4.69, 9.17) is 4.74 Å². The molecule has 1 fully saturated rings. The quantitative estimate of drug-likeness (QED) is 0.779. The number of amides is 4. The summed E-state index contributed by atoms with van der Waals surface area (Å²) in [5, 5.41) is 0. The molecule has 0 N–H and O–H groups in total. The van der Waals surface area contributed by atoms with Crippen molar-refractivity contribution in [3.63, 3.8) is 0 Å². The van der Waals surface area contributed by atoms with Gasteiger partial charge in [-0.2, -0.15) is 4.90 Å². The van der Waals surface area contributed by atoms with Crippen molar-refractivity contribution in [3.8, 4) is 5.75 Å². The minimum atomic E-state index is -0.795. The van der Waals surface area contributed by atoms with E-state index in [1.807, 2.05) is 0 Å². The van der Waals surface area contributed by atoms with Crippen molar-refractivity contribution in [1.29, 1.82) is 0 Å². The summed E-state index contributed by atoms with van der Waals surface area (Å²) >= 11 is 0. The number of rotatable bonds is 3. The van der Waals surface area contributed by atoms with Crippen LogP contribution in [0.1, 0.15) is 40.1 Å². The molecule has 0 atom stereocenters. The first-order valence-corrected chi connectivity index (χ1v) is 8.85. The molecule has 7 heteroatoms. The second-order valence-corrected chi connectivity index (χ2v) is 6.20. The van der Waals surface area contributed by atoms with Gasteiger partial charge in [0, 0.05) is 24.8 Å². The van der Waals surface area contributed by atoms with Gasteiger partial charge in [-0.1, -0.05) is 18.2 Å². The highest BCUT2D eigenvalue weighted by molar-refractivity contribution is 6.20. The number of methoxy groups -OCH3 is 1. The van der Waals surface area contributed by atoms with Gasteiger partial charge in [0.1, 0.15) is 5.75 Å². The molecule has 1 aromatic carbocycles. The van der Waals surface area contributed by atoms with Gasteiger partial charge in [0.25, 0.3) is 11.8 Å². The molecule has 140 valence electrons. The number of ether oxygens (including phenoxy) is 1. The van der Waals surface area contributed by atoms with Crippen LogP contribution < -0.4 is 4.74 Å². The molecule has 0 radical (unpaired) electrons. The second-order valence-electron chi connectivity index (χ2n) is 6.20. The highest BCUT2D eigenvalue weighted by Crippen LogP contribution is 2.21. The molecule has 1 aliphatic rings. The molecule has 2 aromatic rings. The molecule has 0 spiro atoms. The smallest absolute Gasteiger partial charge is 0.334 e. The Kier molecular flexibility index (Phi) is 5.80. The zero-order chi connectivity index (χ0) is 19.2. The van der Waals surface area contributed by atoms with Crippen LogP contribution in [0.3, 0.4) is 0 Å². The summed E-state index contributed by atoms with van der Waals surface area (Å²) in [6, 6.07) is 10.8. The van der Waals surface area contributed by atoms with Crippen LogP contribution in [0.2, 0.25) is 0 Å². The van der Waals surface area contributed by atoms with Crippen molar-refractivity contribution in [2.45, 2.75) is 19.3 Å². The van der Waals surface area contributed by atoms with Gasteiger partial charge in [0.2, 0.25) is 0 Å². The number of urea groups is 1. The van der Waals surface area contributed by atoms with Crippen LogP contribution in [0.4, 0.5) is 4.79 Å². The highest BCUT2D eigenvalue weighted by atomic mass is 16.5. The first kappa shape index (κ1) is 18.6. The predicted octanol–water partition coefficient (Wildman–Crippen LogP) is 2.98. The minimum absolute atomic E-state index is 0.0744. The zero-order valence-electron chi connectivity index (χ0n) is 15.1. The van der Waals surface area contributed by atoms with E-state index in [1.54, 1.807) is 42.5 Å². The largest absolute Gasteiger partial charge is 0.494 e. The summed E-state index contributed by atoms with van der Waals surface area (Å²) < 4.78 is 5.18. The maximum absolute atomic E-state index is 13.1. The van der Waals surface area contributed by atoms with E-state index in [2.05, 4.69) is 4.98 Å². The maximum Gasteiger partial charge on any atom is 0.334 e. The van der Waals surface area contributed by atoms with Gasteiger partial charge in [-0.05, 0) is 43.5 Å². The molecule has 2 heterocycles. The van der Waals surface area contributed by atoms with Crippen LogP contribution >= 0.6 is 0 Å². The second kappa shape index (κ2) is 8.44. The molecule has 3 rings (SSSR count). The van der Waals surface area contributed by atoms with Crippen LogP contribution in [0.5, 0.6) is 5.75 Å². The van der Waals surface area contributed by atoms with Crippen LogP contribution in [-0.2, 0) is 0 Å². The molecule has 4 amide bonds. The van der Waals surface area contributed by atoms with Gasteiger partial charge in [-0.3, -0.25) is 9.59 Å². The fourth-order valence-corrected chi connectivity index (χ4v) is 3.02. The number of hydrogen-bond donors (Lipinski definition) is 0. The van der Waals surface area contributed by atoms with E-state index in [0.29, 0.717) is 18.0 Å². The van der Waals surface area contributed by atoms with Gasteiger partial charge < -0.3 is 9.64 Å². The molecular formula is C20H21N3O4. The van der Waals surface area contributed by atoms with Crippen LogP contribution in [0.25, 0.3) is 0 Å². The van der Waals surface area contributed by atoms with Crippen LogP contribution in [0, 0.1) is 0 Å². The van der Waals surface area contributed by atoms with Gasteiger partial charge in [0.05, 0.1) is 7.11 Å². The number of pyridine rings is 1. The van der Waals surface area contributed by atoms with E-state index in [9.17, 15) is 14.4 Å². The van der Waals surface area contributed by atoms with E-state index >= 15 is 0 Å². The Morgan fingerprint density at radius 3 is 2.33 bits per heavy atom. The van der Waals surface area contributed by atoms with E-state index in [0.717, 1.165) is 19.3 Å². The van der Waals surface area contributed by atoms with Gasteiger partial charge in [-0.25, -0.2) is 9.78 Å². The average Bonchev–Trinajstić information content (AvgIpc) is 2.74. The van der Waals surface area contributed by atoms with Crippen molar-refractivity contribution < 1.29 is 19.1 Å². The van der Waals surface area contributed by atoms with Gasteiger partial charge >= 0.3 is 6.03 Å². The van der Waals surface area contributed by atoms with E-state index < -0.39 is 17.8 Å². The fourth-order valence-electron chi connectivity index (χ4n) is 3.02. The number of carbonyl (C=O) groups excluding carboxylic acids is 3. The Labute approximate surface area is 157 Å². The average molecular weight is 367 g/mol. The SMILES string of the molecule is COc1cccnc1C(=O)N(C(=O)c1ccccc1)C(=O)N1CCCCC1. The summed E-state index contributed by atoms with van der Waals surface area (Å²) in [5.41, 5.74) is 0.181. The number of hydrogen-bond acceptors (Lipinski definition) is 5. The third-order valence-corrected chi connectivity index (χ3v) is 4.44. The lowest BCUT2D eigenvalue weighted by atomic mass is 10.1. The normalized spacial score (nSPS) is 13.7. The zero-order valence-corrected chi connectivity index (χ0v) is 15.1. The summed E-state index contributed by atoms with van der Waals surface area (Å²) in [6.45, 7) is 1.04. The van der Waals surface area contributed by atoms with Crippen molar-refractivity contribution >= 4 is 17.8 Å². The molecule has 0 unspecified atom stereocenters. The van der Waals surface area contributed by atoms with Crippen LogP contribution in [0.15, 0.2) is 48.7 Å². The van der Waals surface area contributed by atoms with Crippen molar-refractivity contribution in [2.75, 3.05) is 20.2 Å². The van der Waals surface area contributed by atoms with Crippen molar-refractivity contribution in [1.82, 2.24) is 14.8 Å². The van der Waals surface area contributed by atoms with E-state index in [1.165, 1.54) is 18.2 Å². The van der Waals surface area contributed by atoms with Crippen molar-refractivity contribution in [2.24, 2.45) is 0 Å². The molecule has 7 nitrogen and oxygen atoms in total. The Balaban J connectivity index is 1.99. The summed E-state index contributed by atoms with van der Waals surface area (Å²) in [6.07, 6.45) is 4.14. The molecule has 0 bridgehead atoms. The summed E-state index contributed by atoms with van der Waals surface area (Å²) in [5.74, 6) is -1.26. The number of likely N-dealkylation sites (tertiary alicyclic amines) is 1. The monoisotopic (exact) mass is 367 g/mol. The van der Waals surface area contributed by atoms with Gasteiger partial charge in [-0.15, -0.1) is 0 Å². The third-order valence-electron chi connectivity index (χ3n) is 4.44. The Morgan fingerprint density at radius 1 is 0.963 bits per heavy atom. The lowest BCUT2D eigenvalue weighted by molar-refractivity contribution is 0.0616. The molecule has 0 saturated carbocycles. The molecule has 1 aliphatic heterocycles. The Morgan fingerprint density at radius 2 is 1.67 bits per heavy atom. The van der Waals surface area contributed by atoms with Crippen molar-refractivity contribution in [3.05, 3.63) is 59.9 Å². The molecule has 1 aromatic heterocycles. The topological polar surface area (TPSA) is 79.8 Å². The Bertz CT molecular complexity index is 832. The maximum atomic E-state index is 13.1. The molecule has 27 heavy (non-hydrogen) atoms. The number of benzene rings is 1. The van der Waals surface area contributed by atoms with E-state index in [-0.39, 0.29) is 17.0 Å². The summed E-state index contributed by atoms with van der Waals surface area (Å²) in [7, 11) is 1.41. The number of aromatic nitrogens is 1. The van der Waals surface area contributed by atoms with Crippen LogP contribution in [-0.4, -0.2) is 52.8 Å². The number of piperidine rings is 1.